The van der Waals surface area contributed by atoms with Gasteiger partial charge in [-0.2, -0.15) is 13.2 Å². The van der Waals surface area contributed by atoms with E-state index in [0.29, 0.717) is 17.1 Å². The highest BCUT2D eigenvalue weighted by Gasteiger charge is 2.38. The number of benzene rings is 2. The molecule has 0 saturated heterocycles. The summed E-state index contributed by atoms with van der Waals surface area (Å²) in [6, 6.07) is 3.70. The van der Waals surface area contributed by atoms with Crippen LogP contribution in [0.1, 0.15) is 15.9 Å². The number of alkyl halides is 3. The summed E-state index contributed by atoms with van der Waals surface area (Å²) in [6.45, 7) is -0.384. The maximum atomic E-state index is 14.9. The first-order chi connectivity index (χ1) is 15.2. The van der Waals surface area contributed by atoms with Gasteiger partial charge in [-0.25, -0.2) is 18.7 Å². The van der Waals surface area contributed by atoms with Crippen LogP contribution in [0, 0.1) is 11.6 Å². The largest absolute Gasteiger partial charge is 0.486 e. The molecule has 12 heteroatoms. The number of rotatable bonds is 1. The third-order valence-corrected chi connectivity index (χ3v) is 5.17. The summed E-state index contributed by atoms with van der Waals surface area (Å²) in [7, 11) is 0. The predicted molar refractivity (Wildman–Crippen MR) is 103 cm³/mol. The van der Waals surface area contributed by atoms with Crippen molar-refractivity contribution < 1.29 is 31.5 Å². The zero-order chi connectivity index (χ0) is 22.8. The van der Waals surface area contributed by atoms with E-state index >= 15 is 0 Å². The number of carbonyl (C=O) groups excluding carboxylic acids is 1. The fourth-order valence-electron chi connectivity index (χ4n) is 3.69. The van der Waals surface area contributed by atoms with Crippen LogP contribution in [0.3, 0.4) is 0 Å². The van der Waals surface area contributed by atoms with E-state index in [1.807, 2.05) is 0 Å². The second-order valence-electron chi connectivity index (χ2n) is 7.05. The first-order valence-electron chi connectivity index (χ1n) is 9.22. The number of nitrogens with two attached hydrogens (primary N) is 1. The van der Waals surface area contributed by atoms with Gasteiger partial charge >= 0.3 is 6.18 Å². The summed E-state index contributed by atoms with van der Waals surface area (Å²) < 4.78 is 75.0. The van der Waals surface area contributed by atoms with E-state index in [0.717, 1.165) is 17.0 Å². The fourth-order valence-corrected chi connectivity index (χ4v) is 3.69. The lowest BCUT2D eigenvalue weighted by molar-refractivity contribution is -0.140. The summed E-state index contributed by atoms with van der Waals surface area (Å²) in [6.07, 6.45) is -2.07. The van der Waals surface area contributed by atoms with Crippen LogP contribution < -0.4 is 15.4 Å². The van der Waals surface area contributed by atoms with Gasteiger partial charge in [-0.15, -0.1) is 0 Å². The molecule has 0 bridgehead atoms. The van der Waals surface area contributed by atoms with Crippen LogP contribution in [0.25, 0.3) is 16.6 Å². The Bertz CT molecular complexity index is 1420. The number of nitrogens with zero attached hydrogens (tertiary/aromatic N) is 4. The zero-order valence-electron chi connectivity index (χ0n) is 16.0. The number of halogens is 5. The SMILES string of the molecule is Nc1nc2cc(F)c(C(=O)N3CCOc4c3ccc(C(F)(F)F)c4F)cc2n2cncc12. The lowest BCUT2D eigenvalue weighted by atomic mass is 10.1. The molecule has 3 heterocycles. The molecule has 5 rings (SSSR count). The molecule has 0 spiro atoms. The Morgan fingerprint density at radius 2 is 1.94 bits per heavy atom. The molecule has 164 valence electrons. The minimum atomic E-state index is -4.94. The van der Waals surface area contributed by atoms with Crippen molar-refractivity contribution in [3.8, 4) is 5.75 Å². The molecule has 0 fully saturated rings. The quantitative estimate of drug-likeness (QED) is 0.447. The standard InChI is InChI=1S/C20H12F5N5O2/c21-11-6-12-14(30-8-27-7-15(30)18(26)28-12)5-9(11)19(31)29-3-4-32-17-13(29)2-1-10(16(17)22)20(23,24)25/h1-2,5-8H,3-4H2,(H2,26,28). The molecule has 32 heavy (non-hydrogen) atoms. The molecule has 0 saturated carbocycles. The number of amides is 1. The number of carbonyl (C=O) groups is 1. The van der Waals surface area contributed by atoms with E-state index in [2.05, 4.69) is 9.97 Å². The van der Waals surface area contributed by atoms with Gasteiger partial charge in [-0.3, -0.25) is 9.20 Å². The van der Waals surface area contributed by atoms with Gasteiger partial charge in [0.05, 0.1) is 46.9 Å². The number of hydrogen-bond acceptors (Lipinski definition) is 5. The number of nitrogen functional groups attached to an aromatic ring is 1. The molecule has 1 amide bonds. The Balaban J connectivity index is 1.64. The smallest absolute Gasteiger partial charge is 0.419 e. The van der Waals surface area contributed by atoms with E-state index in [1.54, 1.807) is 0 Å². The second kappa shape index (κ2) is 6.77. The van der Waals surface area contributed by atoms with Crippen molar-refractivity contribution in [2.45, 2.75) is 6.18 Å². The Kier molecular flexibility index (Phi) is 4.23. The Morgan fingerprint density at radius 3 is 2.69 bits per heavy atom. The van der Waals surface area contributed by atoms with E-state index < -0.39 is 35.0 Å². The highest BCUT2D eigenvalue weighted by molar-refractivity contribution is 6.09. The fraction of sp³-hybridized carbons (Fsp3) is 0.150. The number of fused-ring (bicyclic) bond motifs is 4. The average molecular weight is 449 g/mol. The maximum Gasteiger partial charge on any atom is 0.419 e. The molecule has 4 aromatic rings. The molecule has 7 nitrogen and oxygen atoms in total. The van der Waals surface area contributed by atoms with E-state index in [-0.39, 0.29) is 35.7 Å². The number of aromatic nitrogens is 3. The summed E-state index contributed by atoms with van der Waals surface area (Å²) in [4.78, 5) is 22.2. The van der Waals surface area contributed by atoms with Crippen LogP contribution in [-0.2, 0) is 6.18 Å². The van der Waals surface area contributed by atoms with Crippen molar-refractivity contribution >= 4 is 34.0 Å². The van der Waals surface area contributed by atoms with Crippen molar-refractivity contribution in [3.63, 3.8) is 0 Å². The topological polar surface area (TPSA) is 85.8 Å². The van der Waals surface area contributed by atoms with Crippen molar-refractivity contribution in [1.82, 2.24) is 14.4 Å². The van der Waals surface area contributed by atoms with Crippen LogP contribution in [0.5, 0.6) is 5.75 Å². The number of hydrogen-bond donors (Lipinski definition) is 1. The first-order valence-corrected chi connectivity index (χ1v) is 9.22. The first kappa shape index (κ1) is 20.0. The third-order valence-electron chi connectivity index (χ3n) is 5.17. The van der Waals surface area contributed by atoms with Gasteiger partial charge in [0, 0.05) is 6.07 Å². The second-order valence-corrected chi connectivity index (χ2v) is 7.05. The van der Waals surface area contributed by atoms with Crippen molar-refractivity contribution in [3.05, 3.63) is 59.6 Å². The molecule has 0 atom stereocenters. The minimum Gasteiger partial charge on any atom is -0.486 e. The highest BCUT2D eigenvalue weighted by atomic mass is 19.4. The number of ether oxygens (including phenoxy) is 1. The van der Waals surface area contributed by atoms with Crippen molar-refractivity contribution in [1.29, 1.82) is 0 Å². The summed E-state index contributed by atoms with van der Waals surface area (Å²) in [5.74, 6) is -4.03. The lowest BCUT2D eigenvalue weighted by Gasteiger charge is -2.30. The van der Waals surface area contributed by atoms with Gasteiger partial charge in [0.25, 0.3) is 5.91 Å². The lowest BCUT2D eigenvalue weighted by Crippen LogP contribution is -2.39. The monoisotopic (exact) mass is 449 g/mol. The van der Waals surface area contributed by atoms with Crippen molar-refractivity contribution in [2.24, 2.45) is 0 Å². The number of imidazole rings is 1. The molecule has 2 aromatic carbocycles. The molecule has 0 unspecified atom stereocenters. The van der Waals surface area contributed by atoms with Crippen LogP contribution >= 0.6 is 0 Å². The normalized spacial score (nSPS) is 14.0. The summed E-state index contributed by atoms with van der Waals surface area (Å²) in [5.41, 5.74) is 4.67. The third kappa shape index (κ3) is 2.90. The molecular weight excluding hydrogens is 437 g/mol. The van der Waals surface area contributed by atoms with Crippen LogP contribution in [0.4, 0.5) is 33.5 Å². The highest BCUT2D eigenvalue weighted by Crippen LogP contribution is 2.42. The van der Waals surface area contributed by atoms with Gasteiger partial charge in [0.2, 0.25) is 0 Å². The van der Waals surface area contributed by atoms with Gasteiger partial charge in [-0.05, 0) is 18.2 Å². The van der Waals surface area contributed by atoms with Crippen LogP contribution in [0.15, 0.2) is 36.8 Å². The molecule has 0 aliphatic carbocycles. The van der Waals surface area contributed by atoms with E-state index in [9.17, 15) is 26.7 Å². The predicted octanol–water partition coefficient (Wildman–Crippen LogP) is 3.80. The molecule has 2 aromatic heterocycles. The Labute approximate surface area is 175 Å². The van der Waals surface area contributed by atoms with Crippen LogP contribution in [0.2, 0.25) is 0 Å². The molecule has 0 radical (unpaired) electrons. The van der Waals surface area contributed by atoms with E-state index in [1.165, 1.54) is 23.0 Å². The molecule has 1 aliphatic heterocycles. The summed E-state index contributed by atoms with van der Waals surface area (Å²) >= 11 is 0. The van der Waals surface area contributed by atoms with Crippen molar-refractivity contribution in [2.75, 3.05) is 23.8 Å². The summed E-state index contributed by atoms with van der Waals surface area (Å²) in [5, 5.41) is 0. The zero-order valence-corrected chi connectivity index (χ0v) is 16.0. The number of anilines is 2. The minimum absolute atomic E-state index is 0.116. The Hall–Kier alpha value is -3.96. The Morgan fingerprint density at radius 1 is 1.16 bits per heavy atom. The maximum absolute atomic E-state index is 14.9. The molecule has 1 aliphatic rings. The molecule has 2 N–H and O–H groups in total. The van der Waals surface area contributed by atoms with Gasteiger partial charge in [0.15, 0.2) is 11.6 Å². The van der Waals surface area contributed by atoms with Crippen LogP contribution in [-0.4, -0.2) is 33.4 Å². The van der Waals surface area contributed by atoms with Gasteiger partial charge in [0.1, 0.15) is 23.8 Å². The average Bonchev–Trinajstić information content (AvgIpc) is 3.23. The van der Waals surface area contributed by atoms with Gasteiger partial charge < -0.3 is 15.4 Å². The van der Waals surface area contributed by atoms with E-state index in [4.69, 9.17) is 10.5 Å². The molecular formula is C20H12F5N5O2. The van der Waals surface area contributed by atoms with Gasteiger partial charge in [-0.1, -0.05) is 0 Å².